The number of hydrogen-bond acceptors (Lipinski definition) is 7. The van der Waals surface area contributed by atoms with Crippen molar-refractivity contribution in [1.82, 2.24) is 40.0 Å². The molecule has 1 unspecified atom stereocenters. The van der Waals surface area contributed by atoms with Gasteiger partial charge in [0.05, 0.1) is 11.7 Å². The van der Waals surface area contributed by atoms with Crippen LogP contribution in [-0.4, -0.2) is 46.5 Å². The van der Waals surface area contributed by atoms with Crippen LogP contribution in [0.3, 0.4) is 0 Å². The smallest absolute Gasteiger partial charge is 0.228 e. The summed E-state index contributed by atoms with van der Waals surface area (Å²) in [5, 5.41) is 22.1. The lowest BCUT2D eigenvalue weighted by molar-refractivity contribution is 0.510. The van der Waals surface area contributed by atoms with Crippen molar-refractivity contribution >= 4 is 28.5 Å². The van der Waals surface area contributed by atoms with E-state index in [0.29, 0.717) is 5.82 Å². The van der Waals surface area contributed by atoms with E-state index in [-0.39, 0.29) is 6.04 Å². The van der Waals surface area contributed by atoms with Crippen LogP contribution in [0.25, 0.3) is 17.1 Å². The SMILES string of the molecule is CC(c1nnn(-c2cccc(I)c2)n1)N1CCCn2c(-c3ccncc3)nnc21. The molecule has 0 fully saturated rings. The molecule has 29 heavy (non-hydrogen) atoms. The zero-order valence-electron chi connectivity index (χ0n) is 15.7. The molecule has 0 saturated carbocycles. The van der Waals surface area contributed by atoms with Crippen LogP contribution in [0, 0.1) is 3.57 Å². The topological polar surface area (TPSA) is 90.4 Å². The molecular weight excluding hydrogens is 481 g/mol. The minimum absolute atomic E-state index is 0.0694. The van der Waals surface area contributed by atoms with Crippen LogP contribution in [0.1, 0.15) is 25.2 Å². The van der Waals surface area contributed by atoms with Crippen LogP contribution < -0.4 is 4.90 Å². The van der Waals surface area contributed by atoms with Gasteiger partial charge in [-0.05, 0) is 71.5 Å². The third-order valence-corrected chi connectivity index (χ3v) is 5.69. The molecule has 0 spiro atoms. The number of hydrogen-bond donors (Lipinski definition) is 0. The molecule has 0 aliphatic carbocycles. The summed E-state index contributed by atoms with van der Waals surface area (Å²) < 4.78 is 3.28. The van der Waals surface area contributed by atoms with Crippen molar-refractivity contribution in [1.29, 1.82) is 0 Å². The number of tetrazole rings is 1. The third-order valence-electron chi connectivity index (χ3n) is 5.02. The first-order valence-electron chi connectivity index (χ1n) is 9.37. The second kappa shape index (κ2) is 7.50. The molecule has 1 aliphatic heterocycles. The summed E-state index contributed by atoms with van der Waals surface area (Å²) >= 11 is 2.28. The van der Waals surface area contributed by atoms with E-state index >= 15 is 0 Å². The Bertz CT molecular complexity index is 1140. The zero-order chi connectivity index (χ0) is 19.8. The lowest BCUT2D eigenvalue weighted by atomic mass is 10.2. The Labute approximate surface area is 180 Å². The highest BCUT2D eigenvalue weighted by Gasteiger charge is 2.29. The molecule has 5 rings (SSSR count). The predicted octanol–water partition coefficient (Wildman–Crippen LogP) is 2.89. The summed E-state index contributed by atoms with van der Waals surface area (Å²) in [6.07, 6.45) is 4.54. The van der Waals surface area contributed by atoms with E-state index in [9.17, 15) is 0 Å². The molecular formula is C19H18IN9. The standard InChI is InChI=1S/C19H18IN9/c1-13(17-22-26-29(25-17)16-5-2-4-15(20)12-16)27-10-3-11-28-18(23-24-19(27)28)14-6-8-21-9-7-14/h2,4-9,12-13H,3,10-11H2,1H3. The summed E-state index contributed by atoms with van der Waals surface area (Å²) in [5.41, 5.74) is 1.90. The monoisotopic (exact) mass is 499 g/mol. The van der Waals surface area contributed by atoms with E-state index in [2.05, 4.69) is 69.6 Å². The number of halogens is 1. The summed E-state index contributed by atoms with van der Waals surface area (Å²) in [4.78, 5) is 7.85. The number of pyridine rings is 1. The molecule has 0 amide bonds. The van der Waals surface area contributed by atoms with Crippen molar-refractivity contribution in [2.75, 3.05) is 11.4 Å². The van der Waals surface area contributed by atoms with Crippen molar-refractivity contribution in [3.05, 3.63) is 58.2 Å². The molecule has 1 aromatic carbocycles. The van der Waals surface area contributed by atoms with Crippen LogP contribution in [0.2, 0.25) is 0 Å². The maximum absolute atomic E-state index is 4.62. The van der Waals surface area contributed by atoms with Gasteiger partial charge >= 0.3 is 0 Å². The molecule has 4 aromatic rings. The summed E-state index contributed by atoms with van der Waals surface area (Å²) in [5.74, 6) is 2.35. The number of fused-ring (bicyclic) bond motifs is 1. The molecule has 0 bridgehead atoms. The fourth-order valence-corrected chi connectivity index (χ4v) is 4.06. The van der Waals surface area contributed by atoms with Gasteiger partial charge in [-0.1, -0.05) is 6.07 Å². The lowest BCUT2D eigenvalue weighted by Gasteiger charge is -2.32. The number of aromatic nitrogens is 8. The molecule has 3 aromatic heterocycles. The van der Waals surface area contributed by atoms with Crippen LogP contribution in [0.15, 0.2) is 48.8 Å². The summed E-state index contributed by atoms with van der Waals surface area (Å²) in [7, 11) is 0. The number of anilines is 1. The van der Waals surface area contributed by atoms with Crippen molar-refractivity contribution in [3.8, 4) is 17.1 Å². The molecule has 4 heterocycles. The highest BCUT2D eigenvalue weighted by molar-refractivity contribution is 14.1. The van der Waals surface area contributed by atoms with E-state index in [1.165, 1.54) is 0 Å². The molecule has 0 radical (unpaired) electrons. The van der Waals surface area contributed by atoms with Crippen LogP contribution in [-0.2, 0) is 6.54 Å². The van der Waals surface area contributed by atoms with Crippen LogP contribution >= 0.6 is 22.6 Å². The van der Waals surface area contributed by atoms with E-state index in [1.54, 1.807) is 17.2 Å². The molecule has 0 N–H and O–H groups in total. The number of nitrogens with zero attached hydrogens (tertiary/aromatic N) is 9. The maximum Gasteiger partial charge on any atom is 0.228 e. The fourth-order valence-electron chi connectivity index (χ4n) is 3.54. The molecule has 9 nitrogen and oxygen atoms in total. The van der Waals surface area contributed by atoms with Gasteiger partial charge in [-0.15, -0.1) is 25.2 Å². The first-order chi connectivity index (χ1) is 14.2. The minimum Gasteiger partial charge on any atom is -0.331 e. The maximum atomic E-state index is 4.62. The van der Waals surface area contributed by atoms with Crippen LogP contribution in [0.5, 0.6) is 0 Å². The largest absolute Gasteiger partial charge is 0.331 e. The Hall–Kier alpha value is -2.89. The second-order valence-electron chi connectivity index (χ2n) is 6.85. The van der Waals surface area contributed by atoms with Crippen molar-refractivity contribution in [2.24, 2.45) is 0 Å². The Balaban J connectivity index is 1.45. The average Bonchev–Trinajstić information content (AvgIpc) is 3.41. The van der Waals surface area contributed by atoms with Gasteiger partial charge in [-0.3, -0.25) is 9.55 Å². The normalized spacial score (nSPS) is 14.6. The molecule has 10 heteroatoms. The Morgan fingerprint density at radius 1 is 1.03 bits per heavy atom. The Morgan fingerprint density at radius 2 is 1.90 bits per heavy atom. The number of rotatable bonds is 4. The van der Waals surface area contributed by atoms with Gasteiger partial charge < -0.3 is 4.90 Å². The van der Waals surface area contributed by atoms with Gasteiger partial charge in [-0.25, -0.2) is 0 Å². The minimum atomic E-state index is -0.0694. The molecule has 1 atom stereocenters. The molecule has 0 saturated heterocycles. The third kappa shape index (κ3) is 3.37. The average molecular weight is 499 g/mol. The number of benzene rings is 1. The van der Waals surface area contributed by atoms with Gasteiger partial charge in [0, 0.05) is 34.6 Å². The Kier molecular flexibility index (Phi) is 4.70. The van der Waals surface area contributed by atoms with Crippen molar-refractivity contribution in [2.45, 2.75) is 25.9 Å². The van der Waals surface area contributed by atoms with Crippen LogP contribution in [0.4, 0.5) is 5.95 Å². The van der Waals surface area contributed by atoms with E-state index in [0.717, 1.165) is 46.1 Å². The van der Waals surface area contributed by atoms with Gasteiger partial charge in [0.25, 0.3) is 0 Å². The van der Waals surface area contributed by atoms with Gasteiger partial charge in [-0.2, -0.15) is 0 Å². The van der Waals surface area contributed by atoms with E-state index in [1.807, 2.05) is 36.4 Å². The van der Waals surface area contributed by atoms with Gasteiger partial charge in [0.1, 0.15) is 0 Å². The predicted molar refractivity (Wildman–Crippen MR) is 116 cm³/mol. The Morgan fingerprint density at radius 3 is 2.72 bits per heavy atom. The molecule has 146 valence electrons. The fraction of sp³-hybridized carbons (Fsp3) is 0.263. The van der Waals surface area contributed by atoms with E-state index in [4.69, 9.17) is 0 Å². The van der Waals surface area contributed by atoms with Crippen molar-refractivity contribution in [3.63, 3.8) is 0 Å². The lowest BCUT2D eigenvalue weighted by Crippen LogP contribution is -2.35. The highest BCUT2D eigenvalue weighted by Crippen LogP contribution is 2.31. The first-order valence-corrected chi connectivity index (χ1v) is 10.4. The van der Waals surface area contributed by atoms with Gasteiger partial charge in [0.2, 0.25) is 5.95 Å². The van der Waals surface area contributed by atoms with Gasteiger partial charge in [0.15, 0.2) is 11.6 Å². The first kappa shape index (κ1) is 18.2. The molecule has 1 aliphatic rings. The second-order valence-corrected chi connectivity index (χ2v) is 8.10. The van der Waals surface area contributed by atoms with E-state index < -0.39 is 0 Å². The summed E-state index contributed by atoms with van der Waals surface area (Å²) in [6.45, 7) is 3.83. The quantitative estimate of drug-likeness (QED) is 0.399. The zero-order valence-corrected chi connectivity index (χ0v) is 17.9. The van der Waals surface area contributed by atoms with Crippen molar-refractivity contribution < 1.29 is 0 Å². The summed E-state index contributed by atoms with van der Waals surface area (Å²) in [6, 6.07) is 11.8. The highest BCUT2D eigenvalue weighted by atomic mass is 127.